The second-order valence-corrected chi connectivity index (χ2v) is 7.55. The number of nitrogens with zero attached hydrogens (tertiary/aromatic N) is 5. The summed E-state index contributed by atoms with van der Waals surface area (Å²) in [5.74, 6) is -0.0356. The number of carbonyl (C=O) groups excluding carboxylic acids is 2. The van der Waals surface area contributed by atoms with Crippen LogP contribution < -0.4 is 10.1 Å². The van der Waals surface area contributed by atoms with E-state index in [-0.39, 0.29) is 11.4 Å². The molecule has 3 aromatic heterocycles. The Bertz CT molecular complexity index is 1120. The highest BCUT2D eigenvalue weighted by molar-refractivity contribution is 6.03. The van der Waals surface area contributed by atoms with Gasteiger partial charge in [0.2, 0.25) is 5.88 Å². The Hall–Kier alpha value is -3.86. The van der Waals surface area contributed by atoms with Gasteiger partial charge < -0.3 is 24.1 Å². The first-order chi connectivity index (χ1) is 16.0. The number of pyridine rings is 1. The Morgan fingerprint density at radius 3 is 2.67 bits per heavy atom. The monoisotopic (exact) mass is 452 g/mol. The number of methoxy groups -OCH3 is 1. The van der Waals surface area contributed by atoms with Gasteiger partial charge in [-0.15, -0.1) is 0 Å². The molecular weight excluding hydrogens is 428 g/mol. The molecule has 172 valence electrons. The minimum atomic E-state index is -0.559. The molecule has 0 aliphatic carbocycles. The lowest BCUT2D eigenvalue weighted by Gasteiger charge is -2.22. The molecule has 1 saturated heterocycles. The highest BCUT2D eigenvalue weighted by Gasteiger charge is 2.19. The molecule has 1 aliphatic heterocycles. The standard InChI is InChI=1S/C22H24N6O5/c1-28-13-23-11-18(28)20-26-17(9-19(27-20)33-12-14-5-7-32-8-6-14)21(29)25-15-3-4-16(24-10-15)22(30)31-2/h3-4,9-11,13-14H,5-8,12H2,1-2H3,(H,25,29). The van der Waals surface area contributed by atoms with Crippen LogP contribution in [-0.2, 0) is 16.5 Å². The Morgan fingerprint density at radius 1 is 1.18 bits per heavy atom. The van der Waals surface area contributed by atoms with Gasteiger partial charge in [0.25, 0.3) is 5.91 Å². The zero-order chi connectivity index (χ0) is 23.2. The van der Waals surface area contributed by atoms with Gasteiger partial charge in [-0.3, -0.25) is 4.79 Å². The van der Waals surface area contributed by atoms with E-state index in [1.165, 1.54) is 25.4 Å². The fraction of sp³-hybridized carbons (Fsp3) is 0.364. The van der Waals surface area contributed by atoms with Crippen LogP contribution in [0.3, 0.4) is 0 Å². The number of hydrogen-bond donors (Lipinski definition) is 1. The number of anilines is 1. The maximum atomic E-state index is 12.9. The quantitative estimate of drug-likeness (QED) is 0.536. The Morgan fingerprint density at radius 2 is 2.00 bits per heavy atom. The van der Waals surface area contributed by atoms with Crippen molar-refractivity contribution in [3.05, 3.63) is 48.3 Å². The summed E-state index contributed by atoms with van der Waals surface area (Å²) >= 11 is 0. The average molecular weight is 452 g/mol. The van der Waals surface area contributed by atoms with Crippen molar-refractivity contribution in [2.45, 2.75) is 12.8 Å². The van der Waals surface area contributed by atoms with E-state index in [0.717, 1.165) is 12.8 Å². The van der Waals surface area contributed by atoms with Crippen molar-refractivity contribution < 1.29 is 23.8 Å². The number of aromatic nitrogens is 5. The minimum absolute atomic E-state index is 0.125. The van der Waals surface area contributed by atoms with Crippen LogP contribution in [0.5, 0.6) is 5.88 Å². The molecule has 0 saturated carbocycles. The Labute approximate surface area is 190 Å². The number of aryl methyl sites for hydroxylation is 1. The highest BCUT2D eigenvalue weighted by atomic mass is 16.5. The molecule has 1 aliphatic rings. The summed E-state index contributed by atoms with van der Waals surface area (Å²) in [7, 11) is 3.09. The predicted octanol–water partition coefficient (Wildman–Crippen LogP) is 2.12. The highest BCUT2D eigenvalue weighted by Crippen LogP contribution is 2.22. The van der Waals surface area contributed by atoms with Gasteiger partial charge >= 0.3 is 5.97 Å². The summed E-state index contributed by atoms with van der Waals surface area (Å²) < 4.78 is 17.7. The number of rotatable bonds is 7. The number of nitrogens with one attached hydrogen (secondary N) is 1. The zero-order valence-corrected chi connectivity index (χ0v) is 18.4. The first-order valence-electron chi connectivity index (χ1n) is 10.5. The number of esters is 1. The fourth-order valence-electron chi connectivity index (χ4n) is 3.31. The van der Waals surface area contributed by atoms with E-state index in [0.29, 0.717) is 48.8 Å². The number of amides is 1. The van der Waals surface area contributed by atoms with E-state index in [1.54, 1.807) is 23.2 Å². The average Bonchev–Trinajstić information content (AvgIpc) is 3.29. The molecule has 0 unspecified atom stereocenters. The second-order valence-electron chi connectivity index (χ2n) is 7.55. The van der Waals surface area contributed by atoms with E-state index in [1.807, 2.05) is 7.05 Å². The van der Waals surface area contributed by atoms with Gasteiger partial charge in [0, 0.05) is 26.3 Å². The first kappa shape index (κ1) is 22.3. The summed E-state index contributed by atoms with van der Waals surface area (Å²) in [6.45, 7) is 1.91. The maximum Gasteiger partial charge on any atom is 0.356 e. The summed E-state index contributed by atoms with van der Waals surface area (Å²) in [6, 6.07) is 4.53. The van der Waals surface area contributed by atoms with Crippen LogP contribution in [0, 0.1) is 5.92 Å². The third-order valence-corrected chi connectivity index (χ3v) is 5.20. The van der Waals surface area contributed by atoms with Crippen LogP contribution in [0.25, 0.3) is 11.5 Å². The molecule has 4 heterocycles. The van der Waals surface area contributed by atoms with Gasteiger partial charge in [0.15, 0.2) is 5.82 Å². The van der Waals surface area contributed by atoms with Gasteiger partial charge in [0.1, 0.15) is 17.1 Å². The number of imidazole rings is 1. The van der Waals surface area contributed by atoms with Crippen molar-refractivity contribution in [3.63, 3.8) is 0 Å². The molecule has 3 aromatic rings. The lowest BCUT2D eigenvalue weighted by Crippen LogP contribution is -2.22. The minimum Gasteiger partial charge on any atom is -0.477 e. The van der Waals surface area contributed by atoms with E-state index in [9.17, 15) is 9.59 Å². The van der Waals surface area contributed by atoms with Crippen LogP contribution in [0.15, 0.2) is 36.9 Å². The summed E-state index contributed by atoms with van der Waals surface area (Å²) in [5.41, 5.74) is 1.31. The maximum absolute atomic E-state index is 12.9. The Balaban J connectivity index is 1.55. The molecular formula is C22H24N6O5. The Kier molecular flexibility index (Phi) is 6.89. The molecule has 0 spiro atoms. The van der Waals surface area contributed by atoms with Crippen molar-refractivity contribution in [2.75, 3.05) is 32.2 Å². The topological polar surface area (TPSA) is 130 Å². The van der Waals surface area contributed by atoms with Crippen molar-refractivity contribution in [1.29, 1.82) is 0 Å². The van der Waals surface area contributed by atoms with Crippen LogP contribution in [0.4, 0.5) is 5.69 Å². The molecule has 0 atom stereocenters. The molecule has 4 rings (SSSR count). The fourth-order valence-corrected chi connectivity index (χ4v) is 3.31. The third-order valence-electron chi connectivity index (χ3n) is 5.20. The molecule has 0 bridgehead atoms. The molecule has 33 heavy (non-hydrogen) atoms. The largest absolute Gasteiger partial charge is 0.477 e. The molecule has 1 N–H and O–H groups in total. The third kappa shape index (κ3) is 5.50. The van der Waals surface area contributed by atoms with Gasteiger partial charge in [-0.2, -0.15) is 4.98 Å². The summed E-state index contributed by atoms with van der Waals surface area (Å²) in [6.07, 6.45) is 6.45. The zero-order valence-electron chi connectivity index (χ0n) is 18.4. The van der Waals surface area contributed by atoms with E-state index < -0.39 is 11.9 Å². The second kappa shape index (κ2) is 10.2. The lowest BCUT2D eigenvalue weighted by atomic mass is 10.0. The first-order valence-corrected chi connectivity index (χ1v) is 10.5. The lowest BCUT2D eigenvalue weighted by molar-refractivity contribution is 0.0490. The smallest absolute Gasteiger partial charge is 0.356 e. The molecule has 0 aromatic carbocycles. The van der Waals surface area contributed by atoms with E-state index in [2.05, 4.69) is 30.0 Å². The van der Waals surface area contributed by atoms with Crippen molar-refractivity contribution in [2.24, 2.45) is 13.0 Å². The van der Waals surface area contributed by atoms with Gasteiger partial charge in [-0.1, -0.05) is 0 Å². The molecule has 0 radical (unpaired) electrons. The number of carbonyl (C=O) groups is 2. The van der Waals surface area contributed by atoms with Crippen LogP contribution in [-0.4, -0.2) is 63.3 Å². The summed E-state index contributed by atoms with van der Waals surface area (Å²) in [5, 5.41) is 2.72. The molecule has 1 fully saturated rings. The van der Waals surface area contributed by atoms with Crippen molar-refractivity contribution >= 4 is 17.6 Å². The number of hydrogen-bond acceptors (Lipinski definition) is 9. The summed E-state index contributed by atoms with van der Waals surface area (Å²) in [4.78, 5) is 41.5. The van der Waals surface area contributed by atoms with Gasteiger partial charge in [0.05, 0.1) is 38.1 Å². The number of ether oxygens (including phenoxy) is 3. The normalized spacial score (nSPS) is 14.0. The predicted molar refractivity (Wildman–Crippen MR) is 117 cm³/mol. The molecule has 11 heteroatoms. The van der Waals surface area contributed by atoms with Crippen LogP contribution in [0.1, 0.15) is 33.8 Å². The molecule has 1 amide bonds. The van der Waals surface area contributed by atoms with Crippen molar-refractivity contribution in [1.82, 2.24) is 24.5 Å². The molecule has 11 nitrogen and oxygen atoms in total. The van der Waals surface area contributed by atoms with Crippen LogP contribution >= 0.6 is 0 Å². The van der Waals surface area contributed by atoms with Gasteiger partial charge in [-0.05, 0) is 30.9 Å². The SMILES string of the molecule is COC(=O)c1ccc(NC(=O)c2cc(OCC3CCOCC3)nc(-c3cncn3C)n2)cn1. The van der Waals surface area contributed by atoms with E-state index in [4.69, 9.17) is 9.47 Å². The van der Waals surface area contributed by atoms with Gasteiger partial charge in [-0.25, -0.2) is 19.7 Å². The van der Waals surface area contributed by atoms with Crippen LogP contribution in [0.2, 0.25) is 0 Å². The van der Waals surface area contributed by atoms with Crippen molar-refractivity contribution in [3.8, 4) is 17.4 Å². The van der Waals surface area contributed by atoms with E-state index >= 15 is 0 Å².